The van der Waals surface area contributed by atoms with E-state index in [4.69, 9.17) is 5.26 Å². The number of nitrogens with one attached hydrogen (secondary N) is 1. The highest BCUT2D eigenvalue weighted by molar-refractivity contribution is 5.72. The first-order valence-electron chi connectivity index (χ1n) is 5.80. The Balaban J connectivity index is 2.09. The van der Waals surface area contributed by atoms with Crippen molar-refractivity contribution in [1.82, 2.24) is 20.4 Å². The summed E-state index contributed by atoms with van der Waals surface area (Å²) in [6, 6.07) is 10.7. The molecule has 0 aliphatic carbocycles. The smallest absolute Gasteiger partial charge is 0.163 e. The minimum atomic E-state index is -0.396. The number of hydrogen-bond acceptors (Lipinski definition) is 4. The standard InChI is InChI=1S/C14H8FN5/c15-12-5-11(7-17-8-12)9-2-1-3-10(4-9)14-13(6-16)18-20-19-14/h1-5,7-8H,(H,18,19,20). The molecular weight excluding hydrogens is 257 g/mol. The monoisotopic (exact) mass is 265 g/mol. The van der Waals surface area contributed by atoms with Crippen LogP contribution in [0.3, 0.4) is 0 Å². The number of aromatic amines is 1. The Bertz CT molecular complexity index is 803. The summed E-state index contributed by atoms with van der Waals surface area (Å²) in [6.45, 7) is 0. The number of aromatic nitrogens is 4. The lowest BCUT2D eigenvalue weighted by atomic mass is 10.0. The van der Waals surface area contributed by atoms with Gasteiger partial charge in [-0.25, -0.2) is 9.49 Å². The van der Waals surface area contributed by atoms with Gasteiger partial charge < -0.3 is 0 Å². The molecule has 0 atom stereocenters. The van der Waals surface area contributed by atoms with E-state index in [1.54, 1.807) is 6.20 Å². The normalized spacial score (nSPS) is 10.2. The zero-order valence-corrected chi connectivity index (χ0v) is 10.2. The lowest BCUT2D eigenvalue weighted by molar-refractivity contribution is 0.622. The fourth-order valence-corrected chi connectivity index (χ4v) is 1.92. The Kier molecular flexibility index (Phi) is 2.94. The molecule has 0 radical (unpaired) electrons. The molecule has 0 amide bonds. The number of nitrogens with zero attached hydrogens (tertiary/aromatic N) is 4. The van der Waals surface area contributed by atoms with Crippen LogP contribution in [0.5, 0.6) is 0 Å². The lowest BCUT2D eigenvalue weighted by Gasteiger charge is -2.03. The van der Waals surface area contributed by atoms with E-state index in [-0.39, 0.29) is 0 Å². The Hall–Kier alpha value is -3.07. The fourth-order valence-electron chi connectivity index (χ4n) is 1.92. The average Bonchev–Trinajstić information content (AvgIpc) is 2.96. The highest BCUT2D eigenvalue weighted by atomic mass is 19.1. The van der Waals surface area contributed by atoms with Gasteiger partial charge in [0.05, 0.1) is 6.20 Å². The second-order valence-electron chi connectivity index (χ2n) is 4.12. The van der Waals surface area contributed by atoms with Crippen LogP contribution >= 0.6 is 0 Å². The molecule has 0 spiro atoms. The summed E-state index contributed by atoms with van der Waals surface area (Å²) in [6.07, 6.45) is 2.73. The first-order valence-corrected chi connectivity index (χ1v) is 5.80. The van der Waals surface area contributed by atoms with Crippen molar-refractivity contribution in [1.29, 1.82) is 5.26 Å². The lowest BCUT2D eigenvalue weighted by Crippen LogP contribution is -1.86. The maximum atomic E-state index is 13.2. The Labute approximate surface area is 113 Å². The molecule has 0 saturated heterocycles. The second-order valence-corrected chi connectivity index (χ2v) is 4.12. The molecule has 2 aromatic heterocycles. The number of halogens is 1. The molecule has 1 N–H and O–H groups in total. The van der Waals surface area contributed by atoms with Crippen LogP contribution in [0, 0.1) is 17.1 Å². The molecule has 2 heterocycles. The number of nitriles is 1. The summed E-state index contributed by atoms with van der Waals surface area (Å²) in [5, 5.41) is 19.0. The van der Waals surface area contributed by atoms with E-state index < -0.39 is 5.82 Å². The molecule has 0 aliphatic heterocycles. The number of benzene rings is 1. The maximum absolute atomic E-state index is 13.2. The molecule has 96 valence electrons. The van der Waals surface area contributed by atoms with E-state index in [1.165, 1.54) is 6.07 Å². The SMILES string of the molecule is N#Cc1[nH]nnc1-c1cccc(-c2cncc(F)c2)c1. The van der Waals surface area contributed by atoms with Gasteiger partial charge in [0.2, 0.25) is 0 Å². The van der Waals surface area contributed by atoms with Gasteiger partial charge in [-0.2, -0.15) is 5.26 Å². The van der Waals surface area contributed by atoms with Crippen molar-refractivity contribution in [2.24, 2.45) is 0 Å². The van der Waals surface area contributed by atoms with Crippen LogP contribution in [0.2, 0.25) is 0 Å². The zero-order valence-electron chi connectivity index (χ0n) is 10.2. The molecule has 0 unspecified atom stereocenters. The third-order valence-electron chi connectivity index (χ3n) is 2.83. The molecule has 5 nitrogen and oxygen atoms in total. The van der Waals surface area contributed by atoms with Crippen LogP contribution in [0.1, 0.15) is 5.69 Å². The predicted molar refractivity (Wildman–Crippen MR) is 69.7 cm³/mol. The number of pyridine rings is 1. The van der Waals surface area contributed by atoms with E-state index in [0.717, 1.165) is 17.3 Å². The van der Waals surface area contributed by atoms with Crippen LogP contribution < -0.4 is 0 Å². The third kappa shape index (κ3) is 2.12. The van der Waals surface area contributed by atoms with Gasteiger partial charge in [0.1, 0.15) is 17.6 Å². The maximum Gasteiger partial charge on any atom is 0.163 e. The van der Waals surface area contributed by atoms with Crippen molar-refractivity contribution < 1.29 is 4.39 Å². The molecule has 6 heteroatoms. The summed E-state index contributed by atoms with van der Waals surface area (Å²) in [7, 11) is 0. The van der Waals surface area contributed by atoms with Gasteiger partial charge in [-0.1, -0.05) is 23.4 Å². The van der Waals surface area contributed by atoms with Crippen molar-refractivity contribution in [3.05, 3.63) is 54.2 Å². The summed E-state index contributed by atoms with van der Waals surface area (Å²) >= 11 is 0. The van der Waals surface area contributed by atoms with E-state index >= 15 is 0 Å². The Morgan fingerprint density at radius 3 is 2.75 bits per heavy atom. The van der Waals surface area contributed by atoms with Gasteiger partial charge in [0.25, 0.3) is 0 Å². The van der Waals surface area contributed by atoms with E-state index in [0.29, 0.717) is 17.0 Å². The van der Waals surface area contributed by atoms with E-state index in [2.05, 4.69) is 20.4 Å². The van der Waals surface area contributed by atoms with E-state index in [9.17, 15) is 4.39 Å². The zero-order chi connectivity index (χ0) is 13.9. The molecule has 20 heavy (non-hydrogen) atoms. The van der Waals surface area contributed by atoms with Crippen molar-refractivity contribution in [2.45, 2.75) is 0 Å². The average molecular weight is 265 g/mol. The van der Waals surface area contributed by atoms with E-state index in [1.807, 2.05) is 30.3 Å². The van der Waals surface area contributed by atoms with Crippen LogP contribution in [0.25, 0.3) is 22.4 Å². The summed E-state index contributed by atoms with van der Waals surface area (Å²) < 4.78 is 13.2. The van der Waals surface area contributed by atoms with Crippen LogP contribution in [-0.4, -0.2) is 20.4 Å². The van der Waals surface area contributed by atoms with Gasteiger partial charge in [0.15, 0.2) is 5.69 Å². The Morgan fingerprint density at radius 1 is 1.10 bits per heavy atom. The number of hydrogen-bond donors (Lipinski definition) is 1. The van der Waals surface area contributed by atoms with Crippen molar-refractivity contribution in [3.63, 3.8) is 0 Å². The molecule has 1 aromatic carbocycles. The van der Waals surface area contributed by atoms with Crippen molar-refractivity contribution in [3.8, 4) is 28.5 Å². The molecule has 3 aromatic rings. The minimum absolute atomic E-state index is 0.291. The quantitative estimate of drug-likeness (QED) is 0.772. The molecular formula is C14H8FN5. The summed E-state index contributed by atoms with van der Waals surface area (Å²) in [5.74, 6) is -0.396. The predicted octanol–water partition coefficient (Wildman–Crippen LogP) is 2.54. The third-order valence-corrected chi connectivity index (χ3v) is 2.83. The summed E-state index contributed by atoms with van der Waals surface area (Å²) in [4.78, 5) is 3.83. The topological polar surface area (TPSA) is 78.2 Å². The molecule has 0 aliphatic rings. The Morgan fingerprint density at radius 2 is 1.95 bits per heavy atom. The summed E-state index contributed by atoms with van der Waals surface area (Å²) in [5.41, 5.74) is 2.95. The molecule has 0 saturated carbocycles. The van der Waals surface area contributed by atoms with Gasteiger partial charge in [-0.05, 0) is 17.7 Å². The minimum Gasteiger partial charge on any atom is -0.261 e. The van der Waals surface area contributed by atoms with Gasteiger partial charge in [-0.3, -0.25) is 4.98 Å². The first-order chi connectivity index (χ1) is 9.78. The molecule has 3 rings (SSSR count). The van der Waals surface area contributed by atoms with Gasteiger partial charge in [0, 0.05) is 17.3 Å². The second kappa shape index (κ2) is 4.90. The van der Waals surface area contributed by atoms with Crippen molar-refractivity contribution >= 4 is 0 Å². The number of rotatable bonds is 2. The van der Waals surface area contributed by atoms with Gasteiger partial charge in [-0.15, -0.1) is 5.10 Å². The fraction of sp³-hybridized carbons (Fsp3) is 0. The van der Waals surface area contributed by atoms with Crippen LogP contribution in [-0.2, 0) is 0 Å². The highest BCUT2D eigenvalue weighted by Gasteiger charge is 2.10. The van der Waals surface area contributed by atoms with Gasteiger partial charge >= 0.3 is 0 Å². The molecule has 0 fully saturated rings. The van der Waals surface area contributed by atoms with Crippen LogP contribution in [0.15, 0.2) is 42.7 Å². The first kappa shape index (κ1) is 12.0. The van der Waals surface area contributed by atoms with Crippen LogP contribution in [0.4, 0.5) is 4.39 Å². The largest absolute Gasteiger partial charge is 0.261 e. The van der Waals surface area contributed by atoms with Crippen molar-refractivity contribution in [2.75, 3.05) is 0 Å². The number of H-pyrrole nitrogens is 1. The molecule has 0 bridgehead atoms. The highest BCUT2D eigenvalue weighted by Crippen LogP contribution is 2.26.